The molecule has 0 saturated carbocycles. The Bertz CT molecular complexity index is 438. The number of hydrogen-bond donors (Lipinski definition) is 0. The minimum absolute atomic E-state index is 0.00903. The molecule has 4 heteroatoms. The van der Waals surface area contributed by atoms with Crippen molar-refractivity contribution in [3.05, 3.63) is 48.6 Å². The van der Waals surface area contributed by atoms with Crippen molar-refractivity contribution in [2.75, 3.05) is 27.2 Å². The largest absolute Gasteiger partial charge is 0.457 e. The van der Waals surface area contributed by atoms with E-state index in [4.69, 9.17) is 4.74 Å². The Morgan fingerprint density at radius 1 is 1.28 bits per heavy atom. The molecular weight excluding hydrogens is 230 g/mol. The average Bonchev–Trinajstić information content (AvgIpc) is 2.38. The van der Waals surface area contributed by atoms with Crippen LogP contribution in [0.4, 0.5) is 0 Å². The van der Waals surface area contributed by atoms with Gasteiger partial charge in [0.05, 0.1) is 19.7 Å². The van der Waals surface area contributed by atoms with E-state index in [1.54, 1.807) is 26.2 Å². The molecule has 1 amide bonds. The van der Waals surface area contributed by atoms with E-state index in [1.807, 2.05) is 18.2 Å². The Kier molecular flexibility index (Phi) is 4.80. The second-order valence-electron chi connectivity index (χ2n) is 4.45. The number of quaternary nitrogens is 1. The molecule has 18 heavy (non-hydrogen) atoms. The molecule has 96 valence electrons. The number of rotatable bonds is 5. The summed E-state index contributed by atoms with van der Waals surface area (Å²) in [5.41, 5.74) is 0.651. The maximum Gasteiger partial charge on any atom is 0.345 e. The van der Waals surface area contributed by atoms with Crippen LogP contribution in [0, 0.1) is 0 Å². The van der Waals surface area contributed by atoms with Crippen molar-refractivity contribution in [2.45, 2.75) is 0 Å². The fourth-order valence-electron chi connectivity index (χ4n) is 1.47. The van der Waals surface area contributed by atoms with Gasteiger partial charge in [-0.15, -0.1) is 0 Å². The van der Waals surface area contributed by atoms with Gasteiger partial charge in [-0.05, 0) is 12.1 Å². The number of esters is 1. The van der Waals surface area contributed by atoms with Crippen LogP contribution in [0.1, 0.15) is 10.4 Å². The molecule has 0 aromatic heterocycles. The van der Waals surface area contributed by atoms with Crippen LogP contribution in [-0.2, 0) is 9.53 Å². The fourth-order valence-corrected chi connectivity index (χ4v) is 1.47. The van der Waals surface area contributed by atoms with Gasteiger partial charge in [0.15, 0.2) is 0 Å². The van der Waals surface area contributed by atoms with Gasteiger partial charge in [-0.3, -0.25) is 4.48 Å². The van der Waals surface area contributed by atoms with Crippen molar-refractivity contribution in [2.24, 2.45) is 0 Å². The average molecular weight is 248 g/mol. The number of hydrogen-bond acceptors (Lipinski definition) is 3. The molecular formula is C14H18NO3+. The minimum Gasteiger partial charge on any atom is -0.457 e. The van der Waals surface area contributed by atoms with Crippen molar-refractivity contribution < 1.29 is 18.8 Å². The molecule has 0 heterocycles. The minimum atomic E-state index is -0.470. The lowest BCUT2D eigenvalue weighted by Crippen LogP contribution is -2.47. The first kappa shape index (κ1) is 14.1. The summed E-state index contributed by atoms with van der Waals surface area (Å²) in [7, 11) is 3.58. The molecule has 1 rings (SSSR count). The molecule has 0 N–H and O–H groups in total. The number of amides is 1. The quantitative estimate of drug-likeness (QED) is 0.452. The first-order chi connectivity index (χ1) is 8.47. The Balaban J connectivity index is 2.60. The normalized spacial score (nSPS) is 10.8. The van der Waals surface area contributed by atoms with Crippen LogP contribution in [0.25, 0.3) is 0 Å². The van der Waals surface area contributed by atoms with Crippen LogP contribution in [0.2, 0.25) is 0 Å². The van der Waals surface area contributed by atoms with Gasteiger partial charge in [-0.2, -0.15) is 0 Å². The van der Waals surface area contributed by atoms with Gasteiger partial charge in [0.25, 0.3) is 0 Å². The van der Waals surface area contributed by atoms with E-state index in [0.717, 1.165) is 6.08 Å². The first-order valence-electron chi connectivity index (χ1n) is 5.69. The van der Waals surface area contributed by atoms with Gasteiger partial charge in [0.1, 0.15) is 13.2 Å². The van der Waals surface area contributed by atoms with Crippen LogP contribution in [0.3, 0.4) is 0 Å². The predicted octanol–water partition coefficient (Wildman–Crippen LogP) is 1.63. The molecule has 0 aliphatic heterocycles. The summed E-state index contributed by atoms with van der Waals surface area (Å²) in [5.74, 6) is -0.479. The number of nitrogens with zero attached hydrogens (tertiary/aromatic N) is 1. The highest BCUT2D eigenvalue weighted by Crippen LogP contribution is 2.09. The molecule has 0 aliphatic rings. The molecule has 0 spiro atoms. The molecule has 0 unspecified atom stereocenters. The molecule has 0 saturated heterocycles. The van der Waals surface area contributed by atoms with Crippen molar-refractivity contribution in [3.8, 4) is 0 Å². The van der Waals surface area contributed by atoms with Crippen LogP contribution >= 0.6 is 0 Å². The SMILES string of the molecule is C=CC(=O)OCC[N+](C)(C)C(=O)c1ccccc1. The van der Waals surface area contributed by atoms with E-state index >= 15 is 0 Å². The summed E-state index contributed by atoms with van der Waals surface area (Å²) in [6.07, 6.45) is 1.11. The third-order valence-electron chi connectivity index (χ3n) is 2.63. The van der Waals surface area contributed by atoms with E-state index < -0.39 is 5.97 Å². The molecule has 0 bridgehead atoms. The first-order valence-corrected chi connectivity index (χ1v) is 5.69. The number of ether oxygens (including phenoxy) is 1. The van der Waals surface area contributed by atoms with Crippen molar-refractivity contribution in [1.82, 2.24) is 0 Å². The summed E-state index contributed by atoms with van der Waals surface area (Å²) in [4.78, 5) is 23.1. The van der Waals surface area contributed by atoms with E-state index in [1.165, 1.54) is 0 Å². The zero-order chi connectivity index (χ0) is 13.6. The third-order valence-corrected chi connectivity index (χ3v) is 2.63. The number of carbonyl (C=O) groups is 2. The van der Waals surface area contributed by atoms with Gasteiger partial charge in [0, 0.05) is 6.08 Å². The van der Waals surface area contributed by atoms with Gasteiger partial charge in [-0.1, -0.05) is 24.8 Å². The number of carbonyl (C=O) groups excluding carboxylic acids is 2. The number of benzene rings is 1. The smallest absolute Gasteiger partial charge is 0.345 e. The summed E-state index contributed by atoms with van der Waals surface area (Å²) in [6.45, 7) is 3.93. The Hall–Kier alpha value is -1.94. The predicted molar refractivity (Wildman–Crippen MR) is 68.9 cm³/mol. The second-order valence-corrected chi connectivity index (χ2v) is 4.45. The van der Waals surface area contributed by atoms with Gasteiger partial charge in [0.2, 0.25) is 0 Å². The van der Waals surface area contributed by atoms with E-state index in [0.29, 0.717) is 12.1 Å². The van der Waals surface area contributed by atoms with E-state index in [2.05, 4.69) is 6.58 Å². The molecule has 0 radical (unpaired) electrons. The fraction of sp³-hybridized carbons (Fsp3) is 0.286. The molecule has 1 aromatic rings. The number of likely N-dealkylation sites (N-methyl/N-ethyl adjacent to an activating group) is 1. The maximum absolute atomic E-state index is 12.2. The van der Waals surface area contributed by atoms with Crippen LogP contribution in [-0.4, -0.2) is 43.6 Å². The maximum atomic E-state index is 12.2. The molecule has 0 atom stereocenters. The highest BCUT2D eigenvalue weighted by Gasteiger charge is 2.27. The van der Waals surface area contributed by atoms with Crippen LogP contribution in [0.15, 0.2) is 43.0 Å². The van der Waals surface area contributed by atoms with Gasteiger partial charge in [-0.25, -0.2) is 9.59 Å². The van der Waals surface area contributed by atoms with Crippen molar-refractivity contribution in [3.63, 3.8) is 0 Å². The van der Waals surface area contributed by atoms with Crippen LogP contribution < -0.4 is 0 Å². The Morgan fingerprint density at radius 3 is 2.44 bits per heavy atom. The molecule has 0 aliphatic carbocycles. The summed E-state index contributed by atoms with van der Waals surface area (Å²) >= 11 is 0. The molecule has 1 aromatic carbocycles. The lowest BCUT2D eigenvalue weighted by molar-refractivity contribution is -0.807. The van der Waals surface area contributed by atoms with Crippen molar-refractivity contribution >= 4 is 11.9 Å². The zero-order valence-corrected chi connectivity index (χ0v) is 10.8. The van der Waals surface area contributed by atoms with Crippen LogP contribution in [0.5, 0.6) is 0 Å². The Labute approximate surface area is 107 Å². The highest BCUT2D eigenvalue weighted by atomic mass is 16.5. The third kappa shape index (κ3) is 3.82. The van der Waals surface area contributed by atoms with Gasteiger partial charge >= 0.3 is 11.9 Å². The van der Waals surface area contributed by atoms with Gasteiger partial charge < -0.3 is 4.74 Å². The Morgan fingerprint density at radius 2 is 1.89 bits per heavy atom. The van der Waals surface area contributed by atoms with Crippen molar-refractivity contribution in [1.29, 1.82) is 0 Å². The molecule has 4 nitrogen and oxygen atoms in total. The van der Waals surface area contributed by atoms with E-state index in [-0.39, 0.29) is 17.0 Å². The van der Waals surface area contributed by atoms with E-state index in [9.17, 15) is 9.59 Å². The summed E-state index contributed by atoms with van der Waals surface area (Å²) < 4.78 is 5.02. The molecule has 0 fully saturated rings. The summed E-state index contributed by atoms with van der Waals surface area (Å²) in [6, 6.07) is 9.06. The topological polar surface area (TPSA) is 43.4 Å². The zero-order valence-electron chi connectivity index (χ0n) is 10.8. The summed E-state index contributed by atoms with van der Waals surface area (Å²) in [5, 5.41) is 0. The second kappa shape index (κ2) is 6.12. The standard InChI is InChI=1S/C14H18NO3/c1-4-13(16)18-11-10-15(2,3)14(17)12-8-6-5-7-9-12/h4-9H,1,10-11H2,2-3H3/q+1. The lowest BCUT2D eigenvalue weighted by atomic mass is 10.2. The lowest BCUT2D eigenvalue weighted by Gasteiger charge is -2.26. The monoisotopic (exact) mass is 248 g/mol. The highest BCUT2D eigenvalue weighted by molar-refractivity contribution is 5.88.